The largest absolute Gasteiger partial charge is 0.423 e. The zero-order chi connectivity index (χ0) is 18.2. The minimum Gasteiger partial charge on any atom is -0.423 e. The molecule has 0 fully saturated rings. The third kappa shape index (κ3) is 2.61. The fourth-order valence-electron chi connectivity index (χ4n) is 3.60. The smallest absolute Gasteiger partial charge is 0.345 e. The maximum atomic E-state index is 12.4. The lowest BCUT2D eigenvalue weighted by Crippen LogP contribution is -2.08. The van der Waals surface area contributed by atoms with E-state index < -0.39 is 5.97 Å². The van der Waals surface area contributed by atoms with Crippen LogP contribution in [0.15, 0.2) is 91.3 Å². The Hall–Kier alpha value is -3.72. The summed E-state index contributed by atoms with van der Waals surface area (Å²) in [5, 5.41) is 6.96. The molecule has 0 saturated carbocycles. The normalized spacial score (nSPS) is 11.1. The number of rotatable bonds is 2. The standard InChI is InChI=1S/C24H15NO2/c26-24(16-6-5-13-25-15-16)27-17-11-12-22-20-9-2-1-7-18(20)19-8-3-4-10-21(19)23(22)14-17/h1-15H. The molecule has 0 radical (unpaired) electrons. The van der Waals surface area contributed by atoms with Gasteiger partial charge in [-0.25, -0.2) is 4.79 Å². The molecule has 3 heteroatoms. The summed E-state index contributed by atoms with van der Waals surface area (Å²) in [7, 11) is 0. The number of fused-ring (bicyclic) bond motifs is 6. The first-order valence-electron chi connectivity index (χ1n) is 8.77. The Labute approximate surface area is 155 Å². The number of esters is 1. The fourth-order valence-corrected chi connectivity index (χ4v) is 3.60. The molecule has 5 rings (SSSR count). The quantitative estimate of drug-likeness (QED) is 0.231. The Bertz CT molecular complexity index is 1270. The fraction of sp³-hybridized carbons (Fsp3) is 0. The summed E-state index contributed by atoms with van der Waals surface area (Å²) in [5.74, 6) is 0.115. The Kier molecular flexibility index (Phi) is 3.58. The summed E-state index contributed by atoms with van der Waals surface area (Å²) in [6.07, 6.45) is 3.14. The molecule has 5 aromatic rings. The molecule has 0 unspecified atom stereocenters. The van der Waals surface area contributed by atoms with Crippen molar-refractivity contribution in [2.75, 3.05) is 0 Å². The SMILES string of the molecule is O=C(Oc1ccc2c3ccccc3c3ccccc3c2c1)c1cccnc1. The first-order valence-corrected chi connectivity index (χ1v) is 8.77. The molecule has 0 spiro atoms. The summed E-state index contributed by atoms with van der Waals surface area (Å²) in [6, 6.07) is 25.9. The Morgan fingerprint density at radius 1 is 0.667 bits per heavy atom. The highest BCUT2D eigenvalue weighted by Crippen LogP contribution is 2.36. The molecule has 0 bridgehead atoms. The first-order chi connectivity index (χ1) is 13.3. The second kappa shape index (κ2) is 6.22. The molecular weight excluding hydrogens is 334 g/mol. The van der Waals surface area contributed by atoms with E-state index in [2.05, 4.69) is 35.3 Å². The van der Waals surface area contributed by atoms with Crippen molar-refractivity contribution in [3.05, 3.63) is 96.8 Å². The summed E-state index contributed by atoms with van der Waals surface area (Å²) in [6.45, 7) is 0. The minimum absolute atomic E-state index is 0.410. The molecular formula is C24H15NO2. The molecule has 1 heterocycles. The number of pyridine rings is 1. The Morgan fingerprint density at radius 2 is 1.26 bits per heavy atom. The second-order valence-electron chi connectivity index (χ2n) is 6.43. The lowest BCUT2D eigenvalue weighted by atomic mass is 9.94. The van der Waals surface area contributed by atoms with Gasteiger partial charge in [-0.05, 0) is 56.6 Å². The van der Waals surface area contributed by atoms with Crippen molar-refractivity contribution in [1.29, 1.82) is 0 Å². The molecule has 0 aliphatic rings. The van der Waals surface area contributed by atoms with Crippen LogP contribution in [-0.4, -0.2) is 11.0 Å². The maximum Gasteiger partial charge on any atom is 0.345 e. The molecule has 0 N–H and O–H groups in total. The van der Waals surface area contributed by atoms with Gasteiger partial charge in [0.25, 0.3) is 0 Å². The van der Waals surface area contributed by atoms with E-state index in [0.717, 1.165) is 16.2 Å². The molecule has 0 aliphatic heterocycles. The van der Waals surface area contributed by atoms with E-state index in [0.29, 0.717) is 11.3 Å². The number of nitrogens with zero attached hydrogens (tertiary/aromatic N) is 1. The molecule has 3 nitrogen and oxygen atoms in total. The first kappa shape index (κ1) is 15.5. The van der Waals surface area contributed by atoms with Crippen LogP contribution in [0.4, 0.5) is 0 Å². The van der Waals surface area contributed by atoms with Crippen LogP contribution in [0.5, 0.6) is 5.75 Å². The van der Waals surface area contributed by atoms with Crippen molar-refractivity contribution in [3.63, 3.8) is 0 Å². The average Bonchev–Trinajstić information content (AvgIpc) is 2.74. The van der Waals surface area contributed by atoms with E-state index in [9.17, 15) is 4.79 Å². The van der Waals surface area contributed by atoms with Gasteiger partial charge < -0.3 is 4.74 Å². The van der Waals surface area contributed by atoms with E-state index in [1.165, 1.54) is 22.4 Å². The summed E-state index contributed by atoms with van der Waals surface area (Å²) in [5.41, 5.74) is 0.431. The molecule has 27 heavy (non-hydrogen) atoms. The van der Waals surface area contributed by atoms with Crippen LogP contribution in [-0.2, 0) is 0 Å². The van der Waals surface area contributed by atoms with Gasteiger partial charge in [0.15, 0.2) is 0 Å². The van der Waals surface area contributed by atoms with Crippen LogP contribution in [0.1, 0.15) is 10.4 Å². The van der Waals surface area contributed by atoms with Gasteiger partial charge in [-0.2, -0.15) is 0 Å². The van der Waals surface area contributed by atoms with Gasteiger partial charge in [0.1, 0.15) is 5.75 Å². The summed E-state index contributed by atoms with van der Waals surface area (Å²) >= 11 is 0. The predicted molar refractivity (Wildman–Crippen MR) is 108 cm³/mol. The zero-order valence-corrected chi connectivity index (χ0v) is 14.4. The van der Waals surface area contributed by atoms with Gasteiger partial charge in [-0.1, -0.05) is 54.6 Å². The molecule has 0 atom stereocenters. The third-order valence-corrected chi connectivity index (χ3v) is 4.82. The van der Waals surface area contributed by atoms with Gasteiger partial charge in [0.05, 0.1) is 5.56 Å². The third-order valence-electron chi connectivity index (χ3n) is 4.82. The lowest BCUT2D eigenvalue weighted by molar-refractivity contribution is 0.0734. The van der Waals surface area contributed by atoms with E-state index >= 15 is 0 Å². The van der Waals surface area contributed by atoms with Crippen molar-refractivity contribution < 1.29 is 9.53 Å². The highest BCUT2D eigenvalue weighted by Gasteiger charge is 2.12. The van der Waals surface area contributed by atoms with Crippen molar-refractivity contribution >= 4 is 38.3 Å². The van der Waals surface area contributed by atoms with E-state index in [1.54, 1.807) is 18.3 Å². The second-order valence-corrected chi connectivity index (χ2v) is 6.43. The minimum atomic E-state index is -0.410. The van der Waals surface area contributed by atoms with Crippen LogP contribution in [0.3, 0.4) is 0 Å². The molecule has 128 valence electrons. The molecule has 0 aliphatic carbocycles. The summed E-state index contributed by atoms with van der Waals surface area (Å²) < 4.78 is 5.59. The lowest BCUT2D eigenvalue weighted by Gasteiger charge is -2.11. The van der Waals surface area contributed by atoms with Gasteiger partial charge in [0, 0.05) is 12.4 Å². The van der Waals surface area contributed by atoms with E-state index in [-0.39, 0.29) is 0 Å². The predicted octanol–water partition coefficient (Wildman–Crippen LogP) is 5.76. The van der Waals surface area contributed by atoms with Gasteiger partial charge >= 0.3 is 5.97 Å². The topological polar surface area (TPSA) is 39.2 Å². The highest BCUT2D eigenvalue weighted by molar-refractivity contribution is 6.25. The Balaban J connectivity index is 1.71. The van der Waals surface area contributed by atoms with Crippen molar-refractivity contribution in [1.82, 2.24) is 4.98 Å². The van der Waals surface area contributed by atoms with Crippen LogP contribution in [0, 0.1) is 0 Å². The Morgan fingerprint density at radius 3 is 1.85 bits per heavy atom. The molecule has 0 saturated heterocycles. The number of carbonyl (C=O) groups excluding carboxylic acids is 1. The van der Waals surface area contributed by atoms with Crippen molar-refractivity contribution in [2.24, 2.45) is 0 Å². The van der Waals surface area contributed by atoms with Gasteiger partial charge in [0.2, 0.25) is 0 Å². The number of hydrogen-bond donors (Lipinski definition) is 0. The summed E-state index contributed by atoms with van der Waals surface area (Å²) in [4.78, 5) is 16.3. The van der Waals surface area contributed by atoms with Crippen LogP contribution < -0.4 is 4.74 Å². The van der Waals surface area contributed by atoms with Crippen molar-refractivity contribution in [2.45, 2.75) is 0 Å². The van der Waals surface area contributed by atoms with E-state index in [4.69, 9.17) is 4.74 Å². The molecule has 4 aromatic carbocycles. The zero-order valence-electron chi connectivity index (χ0n) is 14.4. The van der Waals surface area contributed by atoms with Gasteiger partial charge in [-0.3, -0.25) is 4.98 Å². The number of benzene rings is 4. The number of aromatic nitrogens is 1. The van der Waals surface area contributed by atoms with Crippen LogP contribution in [0.2, 0.25) is 0 Å². The van der Waals surface area contributed by atoms with E-state index in [1.807, 2.05) is 36.4 Å². The van der Waals surface area contributed by atoms with Crippen LogP contribution in [0.25, 0.3) is 32.3 Å². The number of hydrogen-bond acceptors (Lipinski definition) is 3. The maximum absolute atomic E-state index is 12.4. The molecule has 1 aromatic heterocycles. The van der Waals surface area contributed by atoms with Crippen LogP contribution >= 0.6 is 0 Å². The highest BCUT2D eigenvalue weighted by atomic mass is 16.5. The average molecular weight is 349 g/mol. The number of carbonyl (C=O) groups is 1. The van der Waals surface area contributed by atoms with Gasteiger partial charge in [-0.15, -0.1) is 0 Å². The van der Waals surface area contributed by atoms with Crippen molar-refractivity contribution in [3.8, 4) is 5.75 Å². The molecule has 0 amide bonds. The number of ether oxygens (including phenoxy) is 1. The monoisotopic (exact) mass is 349 g/mol.